The summed E-state index contributed by atoms with van der Waals surface area (Å²) in [7, 11) is -1.22. The van der Waals surface area contributed by atoms with Crippen LogP contribution in [0.3, 0.4) is 0 Å². The summed E-state index contributed by atoms with van der Waals surface area (Å²) in [5.41, 5.74) is 4.55. The lowest BCUT2D eigenvalue weighted by atomic mass is 9.54. The number of aromatic hydroxyl groups is 1. The van der Waals surface area contributed by atoms with E-state index in [0.717, 1.165) is 21.4 Å². The Hall–Kier alpha value is -3.40. The van der Waals surface area contributed by atoms with Crippen molar-refractivity contribution in [2.45, 2.75) is 32.8 Å². The molecule has 0 spiro atoms. The summed E-state index contributed by atoms with van der Waals surface area (Å²) >= 11 is 3.45. The Balaban J connectivity index is 1.32. The minimum Gasteiger partial charge on any atom is -0.508 e. The topological polar surface area (TPSA) is 99.1 Å². The Morgan fingerprint density at radius 3 is 2.38 bits per heavy atom. The Morgan fingerprint density at radius 1 is 0.975 bits per heavy atom. The molecule has 0 bridgehead atoms. The van der Waals surface area contributed by atoms with E-state index in [1.807, 2.05) is 56.3 Å². The molecule has 1 aliphatic carbocycles. The average molecular weight is 601 g/mol. The van der Waals surface area contributed by atoms with Crippen molar-refractivity contribution in [1.82, 2.24) is 0 Å². The first-order chi connectivity index (χ1) is 19.2. The first-order valence-electron chi connectivity index (χ1n) is 13.6. The van der Waals surface area contributed by atoms with E-state index in [-0.39, 0.29) is 29.4 Å². The molecule has 2 heterocycles. The van der Waals surface area contributed by atoms with Crippen LogP contribution in [0.15, 0.2) is 88.3 Å². The third-order valence-electron chi connectivity index (χ3n) is 8.37. The number of phenols is 1. The van der Waals surface area contributed by atoms with E-state index in [4.69, 9.17) is 4.65 Å². The number of nitrogens with zero attached hydrogens (tertiary/aromatic N) is 1. The van der Waals surface area contributed by atoms with Crippen LogP contribution in [0.5, 0.6) is 5.75 Å². The molecule has 0 radical (unpaired) electrons. The normalized spacial score (nSPS) is 24.4. The van der Waals surface area contributed by atoms with Gasteiger partial charge in [-0.25, -0.2) is 0 Å². The van der Waals surface area contributed by atoms with Gasteiger partial charge < -0.3 is 20.1 Å². The lowest BCUT2D eigenvalue weighted by Gasteiger charge is -2.43. The third kappa shape index (κ3) is 4.66. The van der Waals surface area contributed by atoms with Crippen LogP contribution in [0.4, 0.5) is 17.1 Å². The maximum absolute atomic E-state index is 14.0. The number of carbonyl (C=O) groups excluding carboxylic acids is 2. The maximum atomic E-state index is 14.0. The zero-order valence-electron chi connectivity index (χ0n) is 22.3. The lowest BCUT2D eigenvalue weighted by Crippen LogP contribution is -2.45. The minimum atomic E-state index is -1.22. The van der Waals surface area contributed by atoms with Crippen LogP contribution in [-0.4, -0.2) is 29.1 Å². The van der Waals surface area contributed by atoms with E-state index in [9.17, 15) is 19.7 Å². The largest absolute Gasteiger partial charge is 0.508 e. The molecule has 0 aromatic heterocycles. The molecule has 0 saturated carbocycles. The number of hydrogen-bond donors (Lipinski definition) is 3. The first-order valence-corrected chi connectivity index (χ1v) is 14.4. The summed E-state index contributed by atoms with van der Waals surface area (Å²) in [6, 6.07) is 22.1. The summed E-state index contributed by atoms with van der Waals surface area (Å²) in [6.45, 7) is 4.08. The number of rotatable bonds is 5. The molecule has 2 amide bonds. The second kappa shape index (κ2) is 10.5. The molecular weight excluding hydrogens is 571 g/mol. The highest BCUT2D eigenvalue weighted by Crippen LogP contribution is 2.53. The monoisotopic (exact) mass is 600 g/mol. The van der Waals surface area contributed by atoms with Crippen LogP contribution in [0.25, 0.3) is 0 Å². The molecule has 3 N–H and O–H groups in total. The summed E-state index contributed by atoms with van der Waals surface area (Å²) in [6.07, 6.45) is 0.158. The van der Waals surface area contributed by atoms with Gasteiger partial charge in [-0.3, -0.25) is 14.5 Å². The van der Waals surface area contributed by atoms with Gasteiger partial charge >= 0.3 is 7.12 Å². The number of para-hydroxylation sites is 1. The number of carbonyl (C=O) groups is 2. The van der Waals surface area contributed by atoms with Crippen LogP contribution in [-0.2, 0) is 14.2 Å². The van der Waals surface area contributed by atoms with Crippen LogP contribution in [0.1, 0.15) is 38.4 Å². The second-order valence-electron chi connectivity index (χ2n) is 11.0. The second-order valence-corrected chi connectivity index (χ2v) is 12.0. The van der Waals surface area contributed by atoms with Crippen molar-refractivity contribution in [3.63, 3.8) is 0 Å². The Bertz CT molecular complexity index is 1490. The highest BCUT2D eigenvalue weighted by Gasteiger charge is 2.58. The quantitative estimate of drug-likeness (QED) is 0.240. The molecule has 3 aromatic rings. The van der Waals surface area contributed by atoms with Gasteiger partial charge in [0, 0.05) is 21.4 Å². The number of hydrogen-bond acceptors (Lipinski definition) is 6. The fourth-order valence-corrected chi connectivity index (χ4v) is 6.90. The number of imide groups is 1. The summed E-state index contributed by atoms with van der Waals surface area (Å²) < 4.78 is 6.81. The first kappa shape index (κ1) is 26.8. The van der Waals surface area contributed by atoms with E-state index < -0.39 is 25.1 Å². The highest BCUT2D eigenvalue weighted by molar-refractivity contribution is 9.10. The molecule has 9 heteroatoms. The van der Waals surface area contributed by atoms with Crippen molar-refractivity contribution in [3.05, 3.63) is 93.9 Å². The van der Waals surface area contributed by atoms with Gasteiger partial charge in [-0.1, -0.05) is 53.5 Å². The molecule has 6 rings (SSSR count). The van der Waals surface area contributed by atoms with Gasteiger partial charge in [0.05, 0.1) is 23.6 Å². The van der Waals surface area contributed by atoms with Crippen molar-refractivity contribution >= 4 is 51.9 Å². The van der Waals surface area contributed by atoms with Crippen LogP contribution < -0.4 is 10.2 Å². The van der Waals surface area contributed by atoms with Gasteiger partial charge in [0.25, 0.3) is 0 Å². The van der Waals surface area contributed by atoms with Gasteiger partial charge in [0.2, 0.25) is 11.8 Å². The predicted molar refractivity (Wildman–Crippen MR) is 158 cm³/mol. The molecule has 3 aliphatic rings. The van der Waals surface area contributed by atoms with E-state index >= 15 is 0 Å². The number of halogens is 1. The summed E-state index contributed by atoms with van der Waals surface area (Å²) in [5, 5.41) is 25.1. The van der Waals surface area contributed by atoms with Crippen molar-refractivity contribution in [3.8, 4) is 5.75 Å². The van der Waals surface area contributed by atoms with Gasteiger partial charge in [-0.15, -0.1) is 0 Å². The fraction of sp³-hybridized carbons (Fsp3) is 0.290. The maximum Gasteiger partial charge on any atom is 0.487 e. The summed E-state index contributed by atoms with van der Waals surface area (Å²) in [5.74, 6) is -1.83. The Morgan fingerprint density at radius 2 is 1.68 bits per heavy atom. The highest BCUT2D eigenvalue weighted by atomic mass is 79.9. The number of nitrogens with one attached hydrogen (secondary N) is 1. The molecule has 2 fully saturated rings. The van der Waals surface area contributed by atoms with Crippen molar-refractivity contribution < 1.29 is 24.4 Å². The standard InChI is InChI=1S/C31H30BBrN2O5/c1-17(2)22-15-25-28(24-16-27(40-32(39)29(22)24)23-14-18(33)8-13-26(23)36)31(38)35(30(25)37)21-11-9-20(10-12-21)34-19-6-4-3-5-7-19/h3-14,17,24-25,27-28,34,36,39H,15-16H2,1-2H3/t24-,25-,27-,28+/m0/s1. The van der Waals surface area contributed by atoms with E-state index in [0.29, 0.717) is 29.6 Å². The van der Waals surface area contributed by atoms with Crippen molar-refractivity contribution in [1.29, 1.82) is 0 Å². The van der Waals surface area contributed by atoms with Gasteiger partial charge in [0.1, 0.15) is 5.75 Å². The zero-order valence-corrected chi connectivity index (χ0v) is 23.8. The zero-order chi connectivity index (χ0) is 28.1. The molecule has 40 heavy (non-hydrogen) atoms. The fourth-order valence-electron chi connectivity index (χ4n) is 6.52. The Labute approximate surface area is 242 Å². The molecule has 0 unspecified atom stereocenters. The third-order valence-corrected chi connectivity index (χ3v) is 8.86. The number of allylic oxidation sites excluding steroid dienone is 2. The van der Waals surface area contributed by atoms with Crippen LogP contribution >= 0.6 is 15.9 Å². The van der Waals surface area contributed by atoms with E-state index in [2.05, 4.69) is 21.2 Å². The Kier molecular flexibility index (Phi) is 7.06. The predicted octanol–water partition coefficient (Wildman–Crippen LogP) is 6.16. The molecule has 2 aliphatic heterocycles. The molecular formula is C31H30BBrN2O5. The van der Waals surface area contributed by atoms with Gasteiger partial charge in [-0.2, -0.15) is 0 Å². The smallest absolute Gasteiger partial charge is 0.487 e. The van der Waals surface area contributed by atoms with Crippen molar-refractivity contribution in [2.75, 3.05) is 10.2 Å². The minimum absolute atomic E-state index is 0.0592. The van der Waals surface area contributed by atoms with E-state index in [1.165, 1.54) is 4.90 Å². The molecule has 7 nitrogen and oxygen atoms in total. The average Bonchev–Trinajstić information content (AvgIpc) is 3.20. The number of phenolic OH excluding ortho intramolecular Hbond substituents is 1. The lowest BCUT2D eigenvalue weighted by molar-refractivity contribution is -0.123. The number of benzene rings is 3. The summed E-state index contributed by atoms with van der Waals surface area (Å²) in [4.78, 5) is 29.2. The molecule has 3 aromatic carbocycles. The molecule has 4 atom stereocenters. The van der Waals surface area contributed by atoms with Crippen molar-refractivity contribution in [2.24, 2.45) is 23.7 Å². The van der Waals surface area contributed by atoms with Gasteiger partial charge in [-0.05, 0) is 84.7 Å². The SMILES string of the molecule is CC(C)C1=C2B(O)O[C@H](c3cc(Br)ccc3O)C[C@H]2[C@H]2C(=O)N(c3ccc(Nc4ccccc4)cc3)C(=O)[C@H]2C1. The number of anilines is 3. The van der Waals surface area contributed by atoms with Crippen LogP contribution in [0, 0.1) is 23.7 Å². The van der Waals surface area contributed by atoms with Crippen LogP contribution in [0.2, 0.25) is 0 Å². The molecule has 204 valence electrons. The number of fused-ring (bicyclic) bond motifs is 3. The van der Waals surface area contributed by atoms with E-state index in [1.54, 1.807) is 30.3 Å². The van der Waals surface area contributed by atoms with Gasteiger partial charge in [0.15, 0.2) is 0 Å². The number of amides is 2. The molecule has 2 saturated heterocycles.